The van der Waals surface area contributed by atoms with E-state index in [-0.39, 0.29) is 6.04 Å². The molecule has 0 saturated carbocycles. The van der Waals surface area contributed by atoms with Crippen LogP contribution in [-0.2, 0) is 13.0 Å². The predicted octanol–water partition coefficient (Wildman–Crippen LogP) is 5.16. The molecule has 1 atom stereocenters. The van der Waals surface area contributed by atoms with Crippen molar-refractivity contribution in [2.75, 3.05) is 13.7 Å². The average molecular weight is 380 g/mol. The van der Waals surface area contributed by atoms with Gasteiger partial charge in [0.1, 0.15) is 18.1 Å². The lowest BCUT2D eigenvalue weighted by Crippen LogP contribution is -2.30. The van der Waals surface area contributed by atoms with E-state index < -0.39 is 0 Å². The molecule has 4 heteroatoms. The lowest BCUT2D eigenvalue weighted by molar-refractivity contribution is 0.305. The molecule has 0 spiro atoms. The second-order valence-electron chi connectivity index (χ2n) is 6.66. The number of methoxy groups -OCH3 is 1. The van der Waals surface area contributed by atoms with E-state index in [1.54, 1.807) is 7.11 Å². The molecule has 0 aromatic heterocycles. The van der Waals surface area contributed by atoms with Gasteiger partial charge in [0.2, 0.25) is 0 Å². The summed E-state index contributed by atoms with van der Waals surface area (Å²) < 4.78 is 11.6. The van der Waals surface area contributed by atoms with Gasteiger partial charge in [0.25, 0.3) is 0 Å². The predicted molar refractivity (Wildman–Crippen MR) is 109 cm³/mol. The number of hydrogen-bond donors (Lipinski definition) is 1. The van der Waals surface area contributed by atoms with Gasteiger partial charge < -0.3 is 14.8 Å². The van der Waals surface area contributed by atoms with E-state index in [1.165, 1.54) is 16.7 Å². The first-order valence-electron chi connectivity index (χ1n) is 9.11. The Kier molecular flexibility index (Phi) is 5.33. The van der Waals surface area contributed by atoms with E-state index in [4.69, 9.17) is 21.1 Å². The molecule has 0 bridgehead atoms. The van der Waals surface area contributed by atoms with Crippen molar-refractivity contribution < 1.29 is 9.47 Å². The van der Waals surface area contributed by atoms with Crippen molar-refractivity contribution in [3.8, 4) is 11.5 Å². The summed E-state index contributed by atoms with van der Waals surface area (Å²) in [5.41, 5.74) is 4.77. The van der Waals surface area contributed by atoms with Crippen LogP contribution < -0.4 is 14.8 Å². The normalized spacial score (nSPS) is 15.9. The van der Waals surface area contributed by atoms with E-state index in [0.717, 1.165) is 30.0 Å². The second-order valence-corrected chi connectivity index (χ2v) is 7.09. The van der Waals surface area contributed by atoms with E-state index in [2.05, 4.69) is 29.6 Å². The molecular weight excluding hydrogens is 358 g/mol. The zero-order chi connectivity index (χ0) is 18.6. The Balaban J connectivity index is 1.60. The fraction of sp³-hybridized carbons (Fsp3) is 0.217. The van der Waals surface area contributed by atoms with Crippen LogP contribution in [0.3, 0.4) is 0 Å². The summed E-state index contributed by atoms with van der Waals surface area (Å²) in [7, 11) is 1.69. The number of fused-ring (bicyclic) bond motifs is 1. The Labute approximate surface area is 164 Å². The van der Waals surface area contributed by atoms with Crippen molar-refractivity contribution in [1.82, 2.24) is 5.32 Å². The summed E-state index contributed by atoms with van der Waals surface area (Å²) in [6.45, 7) is 1.47. The molecule has 1 aliphatic heterocycles. The first kappa shape index (κ1) is 17.9. The molecule has 1 N–H and O–H groups in total. The number of benzene rings is 3. The van der Waals surface area contributed by atoms with Gasteiger partial charge >= 0.3 is 0 Å². The first-order valence-corrected chi connectivity index (χ1v) is 9.49. The lowest BCUT2D eigenvalue weighted by Gasteiger charge is -2.29. The summed E-state index contributed by atoms with van der Waals surface area (Å²) in [4.78, 5) is 0. The van der Waals surface area contributed by atoms with E-state index in [9.17, 15) is 0 Å². The Morgan fingerprint density at radius 3 is 2.67 bits per heavy atom. The standard InChI is InChI=1S/C23H22ClNO2/c1-26-22-10-7-18(24)14-21(22)23-20-9-8-19(13-17(20)11-12-25-23)27-15-16-5-3-2-4-6-16/h2-10,13-14,23,25H,11-12,15H2,1H3. The van der Waals surface area contributed by atoms with Crippen LogP contribution in [0.5, 0.6) is 11.5 Å². The van der Waals surface area contributed by atoms with Crippen LogP contribution in [-0.4, -0.2) is 13.7 Å². The minimum atomic E-state index is 0.0607. The summed E-state index contributed by atoms with van der Waals surface area (Å²) in [6, 6.07) is 22.4. The van der Waals surface area contributed by atoms with Gasteiger partial charge in [0.05, 0.1) is 13.2 Å². The Hall–Kier alpha value is -2.49. The number of nitrogens with one attached hydrogen (secondary N) is 1. The van der Waals surface area contributed by atoms with Crippen LogP contribution >= 0.6 is 11.6 Å². The van der Waals surface area contributed by atoms with Crippen LogP contribution in [0, 0.1) is 0 Å². The van der Waals surface area contributed by atoms with E-state index in [0.29, 0.717) is 11.6 Å². The molecule has 3 aromatic carbocycles. The molecular formula is C23H22ClNO2. The van der Waals surface area contributed by atoms with Gasteiger partial charge in [-0.2, -0.15) is 0 Å². The molecule has 1 heterocycles. The van der Waals surface area contributed by atoms with Crippen LogP contribution in [0.15, 0.2) is 66.7 Å². The van der Waals surface area contributed by atoms with Gasteiger partial charge in [-0.25, -0.2) is 0 Å². The molecule has 0 amide bonds. The van der Waals surface area contributed by atoms with Crippen molar-refractivity contribution in [3.05, 3.63) is 94.0 Å². The zero-order valence-electron chi connectivity index (χ0n) is 15.2. The Bertz CT molecular complexity index is 927. The fourth-order valence-corrected chi connectivity index (χ4v) is 3.76. The highest BCUT2D eigenvalue weighted by molar-refractivity contribution is 6.30. The van der Waals surface area contributed by atoms with Crippen LogP contribution in [0.4, 0.5) is 0 Å². The zero-order valence-corrected chi connectivity index (χ0v) is 16.0. The van der Waals surface area contributed by atoms with Crippen LogP contribution in [0.25, 0.3) is 0 Å². The van der Waals surface area contributed by atoms with E-state index in [1.807, 2.05) is 42.5 Å². The van der Waals surface area contributed by atoms with Crippen molar-refractivity contribution >= 4 is 11.6 Å². The molecule has 138 valence electrons. The highest BCUT2D eigenvalue weighted by Gasteiger charge is 2.24. The van der Waals surface area contributed by atoms with Gasteiger partial charge in [-0.15, -0.1) is 0 Å². The molecule has 0 radical (unpaired) electrons. The Morgan fingerprint density at radius 1 is 1.00 bits per heavy atom. The first-order chi connectivity index (χ1) is 13.2. The SMILES string of the molecule is COc1ccc(Cl)cc1C1NCCc2cc(OCc3ccccc3)ccc21. The minimum absolute atomic E-state index is 0.0607. The van der Waals surface area contributed by atoms with Gasteiger partial charge in [-0.1, -0.05) is 48.0 Å². The molecule has 27 heavy (non-hydrogen) atoms. The second kappa shape index (κ2) is 8.03. The maximum Gasteiger partial charge on any atom is 0.124 e. The number of halogens is 1. The average Bonchev–Trinajstić information content (AvgIpc) is 2.72. The molecule has 4 rings (SSSR count). The quantitative estimate of drug-likeness (QED) is 0.664. The Morgan fingerprint density at radius 2 is 1.85 bits per heavy atom. The van der Waals surface area contributed by atoms with Gasteiger partial charge in [0, 0.05) is 17.1 Å². The third-order valence-corrected chi connectivity index (χ3v) is 5.15. The van der Waals surface area contributed by atoms with Crippen LogP contribution in [0.1, 0.15) is 28.3 Å². The summed E-state index contributed by atoms with van der Waals surface area (Å²) >= 11 is 6.24. The molecule has 0 aliphatic carbocycles. The van der Waals surface area contributed by atoms with Gasteiger partial charge in [-0.05, 0) is 53.4 Å². The highest BCUT2D eigenvalue weighted by atomic mass is 35.5. The van der Waals surface area contributed by atoms with Crippen LogP contribution in [0.2, 0.25) is 5.02 Å². The molecule has 1 unspecified atom stereocenters. The molecule has 1 aliphatic rings. The maximum atomic E-state index is 6.24. The summed E-state index contributed by atoms with van der Waals surface area (Å²) in [5, 5.41) is 4.30. The lowest BCUT2D eigenvalue weighted by atomic mass is 9.89. The van der Waals surface area contributed by atoms with Crippen molar-refractivity contribution in [2.45, 2.75) is 19.1 Å². The molecule has 0 fully saturated rings. The van der Waals surface area contributed by atoms with Crippen molar-refractivity contribution in [2.24, 2.45) is 0 Å². The smallest absolute Gasteiger partial charge is 0.124 e. The molecule has 3 nitrogen and oxygen atoms in total. The molecule has 3 aromatic rings. The topological polar surface area (TPSA) is 30.5 Å². The summed E-state index contributed by atoms with van der Waals surface area (Å²) in [6.07, 6.45) is 0.969. The largest absolute Gasteiger partial charge is 0.496 e. The minimum Gasteiger partial charge on any atom is -0.496 e. The van der Waals surface area contributed by atoms with Crippen molar-refractivity contribution in [1.29, 1.82) is 0 Å². The fourth-order valence-electron chi connectivity index (χ4n) is 3.58. The number of hydrogen-bond acceptors (Lipinski definition) is 3. The van der Waals surface area contributed by atoms with E-state index >= 15 is 0 Å². The van der Waals surface area contributed by atoms with Gasteiger partial charge in [-0.3, -0.25) is 0 Å². The third-order valence-electron chi connectivity index (χ3n) is 4.92. The number of rotatable bonds is 5. The number of ether oxygens (including phenoxy) is 2. The van der Waals surface area contributed by atoms with Crippen molar-refractivity contribution in [3.63, 3.8) is 0 Å². The maximum absolute atomic E-state index is 6.24. The monoisotopic (exact) mass is 379 g/mol. The highest BCUT2D eigenvalue weighted by Crippen LogP contribution is 2.36. The van der Waals surface area contributed by atoms with Gasteiger partial charge in [0.15, 0.2) is 0 Å². The third kappa shape index (κ3) is 3.95. The summed E-state index contributed by atoms with van der Waals surface area (Å²) in [5.74, 6) is 1.74. The molecule has 0 saturated heterocycles.